The van der Waals surface area contributed by atoms with Crippen molar-refractivity contribution in [1.82, 2.24) is 24.8 Å². The number of anilines is 1. The van der Waals surface area contributed by atoms with Gasteiger partial charge in [0, 0.05) is 18.3 Å². The van der Waals surface area contributed by atoms with Crippen LogP contribution >= 0.6 is 0 Å². The number of carbonyl (C=O) groups excluding carboxylic acids is 1. The Bertz CT molecular complexity index is 972. The predicted molar refractivity (Wildman–Crippen MR) is 82.2 cm³/mol. The molecule has 2 heterocycles. The van der Waals surface area contributed by atoms with E-state index in [0.29, 0.717) is 11.4 Å². The highest BCUT2D eigenvalue weighted by Gasteiger charge is 2.22. The monoisotopic (exact) mass is 341 g/mol. The Hall–Kier alpha value is -3.91. The summed E-state index contributed by atoms with van der Waals surface area (Å²) in [4.78, 5) is 16.4. The Morgan fingerprint density at radius 1 is 1.36 bits per heavy atom. The maximum absolute atomic E-state index is 12.1. The zero-order chi connectivity index (χ0) is 18.0. The highest BCUT2D eigenvalue weighted by atomic mass is 17.1. The number of nitriles is 1. The number of rotatable bonds is 4. The third-order valence-electron chi connectivity index (χ3n) is 3.42. The van der Waals surface area contributed by atoms with E-state index in [0.717, 1.165) is 0 Å². The number of nitrogen functional groups attached to an aromatic ring is 1. The molecule has 0 unspecified atom stereocenters. The molecule has 0 saturated heterocycles. The van der Waals surface area contributed by atoms with Crippen LogP contribution in [0, 0.1) is 11.3 Å². The number of esters is 1. The Morgan fingerprint density at radius 2 is 2.12 bits per heavy atom. The van der Waals surface area contributed by atoms with Crippen LogP contribution < -0.4 is 10.6 Å². The van der Waals surface area contributed by atoms with E-state index in [-0.39, 0.29) is 22.7 Å². The van der Waals surface area contributed by atoms with Gasteiger partial charge in [-0.25, -0.2) is 14.7 Å². The van der Waals surface area contributed by atoms with Gasteiger partial charge in [-0.3, -0.25) is 0 Å². The van der Waals surface area contributed by atoms with E-state index in [1.807, 2.05) is 6.07 Å². The fourth-order valence-corrected chi connectivity index (χ4v) is 2.29. The van der Waals surface area contributed by atoms with Gasteiger partial charge in [0.15, 0.2) is 11.4 Å². The van der Waals surface area contributed by atoms with Gasteiger partial charge in [-0.1, -0.05) is 0 Å². The molecule has 3 N–H and O–H groups in total. The lowest BCUT2D eigenvalue weighted by Crippen LogP contribution is -2.11. The van der Waals surface area contributed by atoms with Crippen LogP contribution in [-0.4, -0.2) is 43.1 Å². The molecule has 11 heteroatoms. The first-order valence-corrected chi connectivity index (χ1v) is 6.78. The number of tetrazole rings is 1. The molecular weight excluding hydrogens is 330 g/mol. The predicted octanol–water partition coefficient (Wildman–Crippen LogP) is 0.545. The standard InChI is InChI=1S/C14H11N7O4/c1-24-14(22)13-12(16)8(5-15)6-20(13)9-2-10(4-11(3-9)25-23)21-7-17-18-19-21/h2-4,6-7,23H,16H2,1H3. The number of benzene rings is 1. The number of nitrogens with two attached hydrogens (primary N) is 1. The molecule has 0 atom stereocenters. The molecule has 3 aromatic rings. The first-order valence-electron chi connectivity index (χ1n) is 6.78. The number of nitrogens with zero attached hydrogens (tertiary/aromatic N) is 6. The van der Waals surface area contributed by atoms with E-state index < -0.39 is 5.97 Å². The quantitative estimate of drug-likeness (QED) is 0.393. The van der Waals surface area contributed by atoms with Gasteiger partial charge in [-0.15, -0.1) is 5.10 Å². The number of ether oxygens (including phenoxy) is 1. The second-order valence-electron chi connectivity index (χ2n) is 4.81. The molecule has 2 aromatic heterocycles. The fraction of sp³-hybridized carbons (Fsp3) is 0.0714. The molecule has 11 nitrogen and oxygen atoms in total. The molecule has 0 aliphatic rings. The fourth-order valence-electron chi connectivity index (χ4n) is 2.29. The van der Waals surface area contributed by atoms with Crippen molar-refractivity contribution in [1.29, 1.82) is 5.26 Å². The Labute approximate surface area is 140 Å². The summed E-state index contributed by atoms with van der Waals surface area (Å²) in [5, 5.41) is 29.0. The van der Waals surface area contributed by atoms with Crippen LogP contribution in [0.25, 0.3) is 11.4 Å². The van der Waals surface area contributed by atoms with Crippen molar-refractivity contribution in [2.45, 2.75) is 0 Å². The van der Waals surface area contributed by atoms with Gasteiger partial charge >= 0.3 is 5.97 Å². The van der Waals surface area contributed by atoms with Gasteiger partial charge in [0.05, 0.1) is 29.7 Å². The molecule has 0 fully saturated rings. The number of aromatic nitrogens is 5. The van der Waals surface area contributed by atoms with Crippen molar-refractivity contribution in [3.05, 3.63) is 42.0 Å². The third-order valence-corrected chi connectivity index (χ3v) is 3.42. The van der Waals surface area contributed by atoms with E-state index >= 15 is 0 Å². The van der Waals surface area contributed by atoms with E-state index in [2.05, 4.69) is 20.4 Å². The second kappa shape index (κ2) is 6.30. The van der Waals surface area contributed by atoms with Crippen LogP contribution in [0.2, 0.25) is 0 Å². The van der Waals surface area contributed by atoms with Crippen molar-refractivity contribution in [3.63, 3.8) is 0 Å². The van der Waals surface area contributed by atoms with Crippen molar-refractivity contribution < 1.29 is 19.7 Å². The second-order valence-corrected chi connectivity index (χ2v) is 4.81. The zero-order valence-electron chi connectivity index (χ0n) is 12.8. The minimum absolute atomic E-state index is 0.0198. The lowest BCUT2D eigenvalue weighted by atomic mass is 10.2. The average Bonchev–Trinajstić information content (AvgIpc) is 3.28. The van der Waals surface area contributed by atoms with Gasteiger partial charge < -0.3 is 19.9 Å². The summed E-state index contributed by atoms with van der Waals surface area (Å²) in [6.07, 6.45) is 2.72. The Balaban J connectivity index is 2.25. The van der Waals surface area contributed by atoms with Crippen molar-refractivity contribution in [3.8, 4) is 23.2 Å². The minimum atomic E-state index is -0.724. The van der Waals surface area contributed by atoms with E-state index in [4.69, 9.17) is 15.7 Å². The van der Waals surface area contributed by atoms with Gasteiger partial charge in [-0.2, -0.15) is 5.26 Å². The first-order chi connectivity index (χ1) is 12.1. The van der Waals surface area contributed by atoms with Gasteiger partial charge in [0.1, 0.15) is 12.4 Å². The Kier molecular flexibility index (Phi) is 4.02. The van der Waals surface area contributed by atoms with E-state index in [9.17, 15) is 10.1 Å². The number of hydrogen-bond acceptors (Lipinski definition) is 9. The Morgan fingerprint density at radius 3 is 2.72 bits per heavy atom. The lowest BCUT2D eigenvalue weighted by molar-refractivity contribution is -0.137. The summed E-state index contributed by atoms with van der Waals surface area (Å²) in [6.45, 7) is 0. The molecular formula is C14H11N7O4. The summed E-state index contributed by atoms with van der Waals surface area (Å²) >= 11 is 0. The highest BCUT2D eigenvalue weighted by Crippen LogP contribution is 2.28. The van der Waals surface area contributed by atoms with E-state index in [1.165, 1.54) is 41.0 Å². The lowest BCUT2D eigenvalue weighted by Gasteiger charge is -2.11. The van der Waals surface area contributed by atoms with Crippen LogP contribution in [0.4, 0.5) is 5.69 Å². The van der Waals surface area contributed by atoms with Crippen molar-refractivity contribution >= 4 is 11.7 Å². The summed E-state index contributed by atoms with van der Waals surface area (Å²) in [5.74, 6) is -0.664. The topological polar surface area (TPSA) is 154 Å². The maximum atomic E-state index is 12.1. The van der Waals surface area contributed by atoms with Gasteiger partial charge in [-0.05, 0) is 16.5 Å². The summed E-state index contributed by atoms with van der Waals surface area (Å²) in [7, 11) is 1.20. The molecule has 1 aromatic carbocycles. The maximum Gasteiger partial charge on any atom is 0.357 e. The van der Waals surface area contributed by atoms with Crippen LogP contribution in [0.3, 0.4) is 0 Å². The molecule has 0 aliphatic heterocycles. The minimum Gasteiger partial charge on any atom is -0.464 e. The molecule has 25 heavy (non-hydrogen) atoms. The molecule has 0 spiro atoms. The molecule has 126 valence electrons. The zero-order valence-corrected chi connectivity index (χ0v) is 12.8. The molecule has 0 radical (unpaired) electrons. The largest absolute Gasteiger partial charge is 0.464 e. The normalized spacial score (nSPS) is 10.3. The molecule has 3 rings (SSSR count). The smallest absolute Gasteiger partial charge is 0.357 e. The van der Waals surface area contributed by atoms with Crippen LogP contribution in [0.5, 0.6) is 5.75 Å². The van der Waals surface area contributed by atoms with Crippen LogP contribution in [0.1, 0.15) is 16.1 Å². The summed E-state index contributed by atoms with van der Waals surface area (Å²) in [6, 6.07) is 6.41. The molecule has 0 amide bonds. The molecule has 0 bridgehead atoms. The summed E-state index contributed by atoms with van der Waals surface area (Å²) < 4.78 is 7.41. The third kappa shape index (κ3) is 2.73. The highest BCUT2D eigenvalue weighted by molar-refractivity contribution is 5.96. The number of hydrogen-bond donors (Lipinski definition) is 2. The van der Waals surface area contributed by atoms with Crippen LogP contribution in [0.15, 0.2) is 30.7 Å². The average molecular weight is 341 g/mol. The SMILES string of the molecule is COC(=O)c1c(N)c(C#N)cn1-c1cc(OO)cc(-n2cnnn2)c1. The first kappa shape index (κ1) is 16.0. The molecule has 0 saturated carbocycles. The van der Waals surface area contributed by atoms with Gasteiger partial charge in [0.2, 0.25) is 0 Å². The number of methoxy groups -OCH3 is 1. The van der Waals surface area contributed by atoms with Crippen LogP contribution in [-0.2, 0) is 4.74 Å². The molecule has 0 aliphatic carbocycles. The number of carbonyl (C=O) groups is 1. The van der Waals surface area contributed by atoms with Crippen molar-refractivity contribution in [2.75, 3.05) is 12.8 Å². The summed E-state index contributed by atoms with van der Waals surface area (Å²) in [5.41, 5.74) is 6.72. The van der Waals surface area contributed by atoms with Gasteiger partial charge in [0.25, 0.3) is 0 Å². The van der Waals surface area contributed by atoms with Crippen molar-refractivity contribution in [2.24, 2.45) is 0 Å². The van der Waals surface area contributed by atoms with E-state index in [1.54, 1.807) is 6.07 Å².